The van der Waals surface area contributed by atoms with Crippen molar-refractivity contribution in [3.63, 3.8) is 0 Å². The van der Waals surface area contributed by atoms with Crippen molar-refractivity contribution in [2.24, 2.45) is 11.1 Å². The fourth-order valence-corrected chi connectivity index (χ4v) is 4.18. The normalized spacial score (nSPS) is 16.0. The Morgan fingerprint density at radius 1 is 1.23 bits per heavy atom. The van der Waals surface area contributed by atoms with E-state index in [-0.39, 0.29) is 24.3 Å². The lowest BCUT2D eigenvalue weighted by Gasteiger charge is -2.23. The molecule has 7 nitrogen and oxygen atoms in total. The number of primary sulfonamides is 1. The Labute approximate surface area is 156 Å². The minimum atomic E-state index is -3.89. The van der Waals surface area contributed by atoms with Crippen LogP contribution in [-0.2, 0) is 24.3 Å². The van der Waals surface area contributed by atoms with Crippen molar-refractivity contribution in [2.45, 2.75) is 49.4 Å². The molecule has 0 aliphatic heterocycles. The number of hydrogen-bond acceptors (Lipinski definition) is 6. The summed E-state index contributed by atoms with van der Waals surface area (Å²) >= 11 is 0. The standard InChI is InChI=1S/C17H27NO6S2/c1-4-5-15(14(3)25(18,20)21)12-16(19)10-11-24-26(22,23)17-8-6-13(2)7-9-17/h4,6-9,14-16,19H,1,5,10-12H2,2-3H3,(H2,18,20,21)/t14-,15-,16+/m1/s1. The highest BCUT2D eigenvalue weighted by atomic mass is 32.2. The number of aliphatic hydroxyl groups excluding tert-OH is 1. The lowest BCUT2D eigenvalue weighted by Crippen LogP contribution is -2.34. The molecule has 1 aromatic rings. The summed E-state index contributed by atoms with van der Waals surface area (Å²) < 4.78 is 52.1. The molecule has 148 valence electrons. The molecule has 0 amide bonds. The first-order valence-corrected chi connectivity index (χ1v) is 11.3. The van der Waals surface area contributed by atoms with E-state index in [1.807, 2.05) is 6.92 Å². The molecule has 0 spiro atoms. The summed E-state index contributed by atoms with van der Waals surface area (Å²) in [6.07, 6.45) is 1.22. The zero-order chi connectivity index (χ0) is 20.0. The van der Waals surface area contributed by atoms with Crippen molar-refractivity contribution < 1.29 is 26.1 Å². The lowest BCUT2D eigenvalue weighted by molar-refractivity contribution is 0.114. The maximum atomic E-state index is 12.1. The molecule has 0 bridgehead atoms. The molecule has 0 aromatic heterocycles. The van der Waals surface area contributed by atoms with Gasteiger partial charge in [-0.15, -0.1) is 6.58 Å². The number of benzene rings is 1. The molecule has 0 saturated heterocycles. The fraction of sp³-hybridized carbons (Fsp3) is 0.529. The smallest absolute Gasteiger partial charge is 0.296 e. The van der Waals surface area contributed by atoms with E-state index in [1.165, 1.54) is 19.1 Å². The molecule has 1 rings (SSSR count). The number of aryl methyl sites for hydroxylation is 1. The van der Waals surface area contributed by atoms with Crippen molar-refractivity contribution in [1.82, 2.24) is 0 Å². The topological polar surface area (TPSA) is 124 Å². The molecular formula is C17H27NO6S2. The molecule has 3 atom stereocenters. The molecule has 0 aliphatic rings. The van der Waals surface area contributed by atoms with Crippen LogP contribution in [0.5, 0.6) is 0 Å². The number of aliphatic hydroxyl groups is 1. The Hall–Kier alpha value is -1.26. The van der Waals surface area contributed by atoms with Gasteiger partial charge in [-0.2, -0.15) is 8.42 Å². The molecular weight excluding hydrogens is 378 g/mol. The molecule has 0 fully saturated rings. The van der Waals surface area contributed by atoms with E-state index < -0.39 is 37.4 Å². The number of hydrogen-bond donors (Lipinski definition) is 2. The van der Waals surface area contributed by atoms with Crippen LogP contribution in [0, 0.1) is 12.8 Å². The van der Waals surface area contributed by atoms with Crippen molar-refractivity contribution in [1.29, 1.82) is 0 Å². The quantitative estimate of drug-likeness (QED) is 0.427. The summed E-state index contributed by atoms with van der Waals surface area (Å²) in [6.45, 7) is 6.70. The first-order valence-electron chi connectivity index (χ1n) is 8.24. The van der Waals surface area contributed by atoms with Gasteiger partial charge in [0.2, 0.25) is 10.0 Å². The zero-order valence-corrected chi connectivity index (χ0v) is 16.7. The van der Waals surface area contributed by atoms with Crippen LogP contribution in [0.15, 0.2) is 41.8 Å². The van der Waals surface area contributed by atoms with E-state index in [4.69, 9.17) is 9.32 Å². The molecule has 9 heteroatoms. The van der Waals surface area contributed by atoms with Gasteiger partial charge in [0.15, 0.2) is 0 Å². The van der Waals surface area contributed by atoms with E-state index in [2.05, 4.69) is 6.58 Å². The van der Waals surface area contributed by atoms with Crippen LogP contribution >= 0.6 is 0 Å². The Morgan fingerprint density at radius 2 is 1.81 bits per heavy atom. The van der Waals surface area contributed by atoms with Gasteiger partial charge >= 0.3 is 0 Å². The second-order valence-electron chi connectivity index (χ2n) is 6.35. The third kappa shape index (κ3) is 7.16. The predicted molar refractivity (Wildman–Crippen MR) is 100 cm³/mol. The average Bonchev–Trinajstić information content (AvgIpc) is 2.53. The monoisotopic (exact) mass is 405 g/mol. The van der Waals surface area contributed by atoms with Crippen molar-refractivity contribution in [2.75, 3.05) is 6.61 Å². The molecule has 1 aromatic carbocycles. The molecule has 0 aliphatic carbocycles. The maximum Gasteiger partial charge on any atom is 0.296 e. The summed E-state index contributed by atoms with van der Waals surface area (Å²) in [7, 11) is -7.63. The van der Waals surface area contributed by atoms with Gasteiger partial charge < -0.3 is 5.11 Å². The highest BCUT2D eigenvalue weighted by Crippen LogP contribution is 2.22. The summed E-state index contributed by atoms with van der Waals surface area (Å²) in [5, 5.41) is 14.4. The summed E-state index contributed by atoms with van der Waals surface area (Å²) in [5.74, 6) is -0.411. The van der Waals surface area contributed by atoms with E-state index in [0.717, 1.165) is 5.56 Å². The van der Waals surface area contributed by atoms with E-state index >= 15 is 0 Å². The molecule has 0 unspecified atom stereocenters. The van der Waals surface area contributed by atoms with Gasteiger partial charge in [-0.1, -0.05) is 23.8 Å². The van der Waals surface area contributed by atoms with Crippen LogP contribution in [0.1, 0.15) is 31.7 Å². The fourth-order valence-electron chi connectivity index (χ4n) is 2.50. The minimum Gasteiger partial charge on any atom is -0.393 e. The van der Waals surface area contributed by atoms with Crippen molar-refractivity contribution in [3.05, 3.63) is 42.5 Å². The minimum absolute atomic E-state index is 0.0463. The molecule has 0 radical (unpaired) electrons. The highest BCUT2D eigenvalue weighted by molar-refractivity contribution is 7.89. The van der Waals surface area contributed by atoms with Gasteiger partial charge in [0.1, 0.15) is 0 Å². The summed E-state index contributed by atoms with van der Waals surface area (Å²) in [6, 6.07) is 6.24. The van der Waals surface area contributed by atoms with Gasteiger partial charge in [0.25, 0.3) is 10.1 Å². The Bertz CT molecular complexity index is 787. The van der Waals surface area contributed by atoms with Crippen LogP contribution < -0.4 is 5.14 Å². The molecule has 26 heavy (non-hydrogen) atoms. The Balaban J connectivity index is 2.60. The first kappa shape index (κ1) is 22.8. The average molecular weight is 406 g/mol. The molecule has 0 saturated carbocycles. The second kappa shape index (κ2) is 9.61. The summed E-state index contributed by atoms with van der Waals surface area (Å²) in [4.78, 5) is 0.0463. The van der Waals surface area contributed by atoms with Crippen molar-refractivity contribution in [3.8, 4) is 0 Å². The van der Waals surface area contributed by atoms with Gasteiger partial charge in [-0.3, -0.25) is 4.18 Å². The van der Waals surface area contributed by atoms with E-state index in [0.29, 0.717) is 6.42 Å². The number of rotatable bonds is 11. The van der Waals surface area contributed by atoms with Crippen LogP contribution in [0.3, 0.4) is 0 Å². The van der Waals surface area contributed by atoms with E-state index in [9.17, 15) is 21.9 Å². The van der Waals surface area contributed by atoms with Crippen LogP contribution in [0.4, 0.5) is 0 Å². The Kier molecular flexibility index (Phi) is 8.42. The lowest BCUT2D eigenvalue weighted by atomic mass is 9.94. The largest absolute Gasteiger partial charge is 0.393 e. The predicted octanol–water partition coefficient (Wildman–Crippen LogP) is 1.71. The highest BCUT2D eigenvalue weighted by Gasteiger charge is 2.27. The number of nitrogens with two attached hydrogens (primary N) is 1. The zero-order valence-electron chi connectivity index (χ0n) is 15.0. The second-order valence-corrected chi connectivity index (χ2v) is 9.88. The van der Waals surface area contributed by atoms with Gasteiger partial charge in [0.05, 0.1) is 22.9 Å². The number of allylic oxidation sites excluding steroid dienone is 1. The van der Waals surface area contributed by atoms with Gasteiger partial charge in [-0.25, -0.2) is 13.6 Å². The van der Waals surface area contributed by atoms with Gasteiger partial charge in [0, 0.05) is 0 Å². The Morgan fingerprint density at radius 3 is 2.31 bits per heavy atom. The van der Waals surface area contributed by atoms with Gasteiger partial charge in [-0.05, 0) is 51.2 Å². The number of sulfonamides is 1. The molecule has 0 heterocycles. The third-order valence-electron chi connectivity index (χ3n) is 4.23. The van der Waals surface area contributed by atoms with Crippen molar-refractivity contribution >= 4 is 20.1 Å². The molecule has 3 N–H and O–H groups in total. The third-order valence-corrected chi connectivity index (χ3v) is 6.97. The van der Waals surface area contributed by atoms with E-state index in [1.54, 1.807) is 18.2 Å². The van der Waals surface area contributed by atoms with Crippen LogP contribution in [0.25, 0.3) is 0 Å². The SMILES string of the molecule is C=CC[C@H](C[C@@H](O)CCOS(=O)(=O)c1ccc(C)cc1)[C@@H](C)S(N)(=O)=O. The first-order chi connectivity index (χ1) is 12.0. The maximum absolute atomic E-state index is 12.1. The van der Waals surface area contributed by atoms with Crippen LogP contribution in [-0.4, -0.2) is 39.9 Å². The van der Waals surface area contributed by atoms with Crippen LogP contribution in [0.2, 0.25) is 0 Å². The summed E-state index contributed by atoms with van der Waals surface area (Å²) in [5.41, 5.74) is 0.927.